The highest BCUT2D eigenvalue weighted by Gasteiger charge is 2.34. The number of carbonyl (C=O) groups is 1. The van der Waals surface area contributed by atoms with Crippen molar-refractivity contribution in [2.45, 2.75) is 44.7 Å². The van der Waals surface area contributed by atoms with Crippen LogP contribution in [0.3, 0.4) is 0 Å². The van der Waals surface area contributed by atoms with Crippen molar-refractivity contribution in [1.29, 1.82) is 0 Å². The van der Waals surface area contributed by atoms with Gasteiger partial charge in [-0.3, -0.25) is 4.79 Å². The third-order valence-electron chi connectivity index (χ3n) is 6.43. The van der Waals surface area contributed by atoms with Gasteiger partial charge in [0.2, 0.25) is 5.91 Å². The first kappa shape index (κ1) is 18.4. The zero-order valence-corrected chi connectivity index (χ0v) is 17.0. The number of aromatic amines is 1. The summed E-state index contributed by atoms with van der Waals surface area (Å²) in [5.74, 6) is 2.26. The molecule has 0 bridgehead atoms. The molecule has 1 amide bonds. The summed E-state index contributed by atoms with van der Waals surface area (Å²) in [6, 6.07) is 8.34. The van der Waals surface area contributed by atoms with Crippen molar-refractivity contribution in [2.24, 2.45) is 0 Å². The average molecular weight is 393 g/mol. The number of likely N-dealkylation sites (N-methyl/N-ethyl adjacent to an activating group) is 1. The Morgan fingerprint density at radius 3 is 3.00 bits per heavy atom. The van der Waals surface area contributed by atoms with E-state index in [1.807, 2.05) is 23.2 Å². The Morgan fingerprint density at radius 1 is 1.17 bits per heavy atom. The van der Waals surface area contributed by atoms with Crippen molar-refractivity contribution in [3.63, 3.8) is 0 Å². The quantitative estimate of drug-likeness (QED) is 0.741. The first-order chi connectivity index (χ1) is 14.2. The summed E-state index contributed by atoms with van der Waals surface area (Å²) in [6.45, 7) is 3.73. The van der Waals surface area contributed by atoms with Crippen LogP contribution in [0.5, 0.6) is 0 Å². The second-order valence-electron chi connectivity index (χ2n) is 8.28. The van der Waals surface area contributed by atoms with Gasteiger partial charge in [0.15, 0.2) is 5.82 Å². The maximum Gasteiger partial charge on any atom is 0.223 e. The van der Waals surface area contributed by atoms with E-state index in [1.54, 1.807) is 0 Å². The monoisotopic (exact) mass is 392 g/mol. The standard InChI is InChI=1S/C22H28N6O/c1-26-12-10-20-24-25-22(28(20)14-13-26)19-7-4-11-27(19)21(29)9-8-16-15-23-18-6-3-2-5-17(16)18/h2-3,5-6,15,19,23H,4,7-14H2,1H3/t19-/m1/s1. The summed E-state index contributed by atoms with van der Waals surface area (Å²) in [7, 11) is 2.15. The fraction of sp³-hybridized carbons (Fsp3) is 0.500. The third kappa shape index (κ3) is 3.44. The molecule has 3 aromatic rings. The number of hydrogen-bond donors (Lipinski definition) is 1. The number of para-hydroxylation sites is 1. The molecule has 0 unspecified atom stereocenters. The highest BCUT2D eigenvalue weighted by atomic mass is 16.2. The molecule has 5 rings (SSSR count). The van der Waals surface area contributed by atoms with Gasteiger partial charge in [0.1, 0.15) is 5.82 Å². The Morgan fingerprint density at radius 2 is 2.07 bits per heavy atom. The Labute approximate surface area is 170 Å². The van der Waals surface area contributed by atoms with Crippen LogP contribution >= 0.6 is 0 Å². The lowest BCUT2D eigenvalue weighted by molar-refractivity contribution is -0.132. The predicted octanol–water partition coefficient (Wildman–Crippen LogP) is 2.54. The van der Waals surface area contributed by atoms with Gasteiger partial charge < -0.3 is 19.4 Å². The topological polar surface area (TPSA) is 70.1 Å². The molecule has 7 heteroatoms. The summed E-state index contributed by atoms with van der Waals surface area (Å²) < 4.78 is 2.26. The third-order valence-corrected chi connectivity index (χ3v) is 6.43. The number of likely N-dealkylation sites (tertiary alicyclic amines) is 1. The van der Waals surface area contributed by atoms with Crippen molar-refractivity contribution in [2.75, 3.05) is 26.7 Å². The average Bonchev–Trinajstić information content (AvgIpc) is 3.44. The van der Waals surface area contributed by atoms with Crippen LogP contribution in [0.1, 0.15) is 42.5 Å². The molecule has 2 aromatic heterocycles. The maximum atomic E-state index is 13.1. The van der Waals surface area contributed by atoms with Crippen LogP contribution in [-0.2, 0) is 24.2 Å². The van der Waals surface area contributed by atoms with E-state index in [9.17, 15) is 4.79 Å². The van der Waals surface area contributed by atoms with Gasteiger partial charge in [-0.2, -0.15) is 0 Å². The largest absolute Gasteiger partial charge is 0.361 e. The smallest absolute Gasteiger partial charge is 0.223 e. The van der Waals surface area contributed by atoms with E-state index in [2.05, 4.69) is 43.8 Å². The van der Waals surface area contributed by atoms with Crippen LogP contribution in [0.2, 0.25) is 0 Å². The molecule has 2 aliphatic rings. The summed E-state index contributed by atoms with van der Waals surface area (Å²) >= 11 is 0. The van der Waals surface area contributed by atoms with E-state index in [1.165, 1.54) is 10.9 Å². The fourth-order valence-corrected chi connectivity index (χ4v) is 4.75. The molecular weight excluding hydrogens is 364 g/mol. The van der Waals surface area contributed by atoms with Crippen molar-refractivity contribution in [3.8, 4) is 0 Å². The van der Waals surface area contributed by atoms with Crippen molar-refractivity contribution >= 4 is 16.8 Å². The lowest BCUT2D eigenvalue weighted by atomic mass is 10.1. The van der Waals surface area contributed by atoms with Gasteiger partial charge in [-0.25, -0.2) is 0 Å². The van der Waals surface area contributed by atoms with E-state index >= 15 is 0 Å². The van der Waals surface area contributed by atoms with Gasteiger partial charge in [-0.05, 0) is 37.9 Å². The van der Waals surface area contributed by atoms with Gasteiger partial charge in [-0.15, -0.1) is 10.2 Å². The highest BCUT2D eigenvalue weighted by molar-refractivity contribution is 5.84. The second kappa shape index (κ2) is 7.63. The number of hydrogen-bond acceptors (Lipinski definition) is 4. The molecule has 0 spiro atoms. The number of benzene rings is 1. The zero-order valence-electron chi connectivity index (χ0n) is 17.0. The van der Waals surface area contributed by atoms with Gasteiger partial charge in [0.25, 0.3) is 0 Å². The number of amides is 1. The van der Waals surface area contributed by atoms with Gasteiger partial charge in [0.05, 0.1) is 6.04 Å². The molecule has 1 atom stereocenters. The molecule has 2 aliphatic heterocycles. The second-order valence-corrected chi connectivity index (χ2v) is 8.28. The molecule has 1 N–H and O–H groups in total. The maximum absolute atomic E-state index is 13.1. The Kier molecular flexibility index (Phi) is 4.83. The fourth-order valence-electron chi connectivity index (χ4n) is 4.75. The molecule has 29 heavy (non-hydrogen) atoms. The van der Waals surface area contributed by atoms with Gasteiger partial charge in [0, 0.05) is 56.1 Å². The van der Waals surface area contributed by atoms with Crippen molar-refractivity contribution in [1.82, 2.24) is 29.5 Å². The summed E-state index contributed by atoms with van der Waals surface area (Å²) in [5, 5.41) is 10.2. The minimum absolute atomic E-state index is 0.0649. The lowest BCUT2D eigenvalue weighted by Gasteiger charge is -2.25. The first-order valence-electron chi connectivity index (χ1n) is 10.7. The number of rotatable bonds is 4. The van der Waals surface area contributed by atoms with Gasteiger partial charge >= 0.3 is 0 Å². The number of aromatic nitrogens is 4. The number of aryl methyl sites for hydroxylation is 1. The number of nitrogens with one attached hydrogen (secondary N) is 1. The van der Waals surface area contributed by atoms with E-state index in [-0.39, 0.29) is 11.9 Å². The predicted molar refractivity (Wildman–Crippen MR) is 112 cm³/mol. The molecule has 1 fully saturated rings. The van der Waals surface area contributed by atoms with Gasteiger partial charge in [-0.1, -0.05) is 18.2 Å². The normalized spacial score (nSPS) is 20.2. The molecular formula is C22H28N6O. The van der Waals surface area contributed by atoms with Crippen LogP contribution in [0.4, 0.5) is 0 Å². The van der Waals surface area contributed by atoms with E-state index in [0.29, 0.717) is 6.42 Å². The number of nitrogens with zero attached hydrogens (tertiary/aromatic N) is 5. The minimum atomic E-state index is 0.0649. The Balaban J connectivity index is 1.31. The summed E-state index contributed by atoms with van der Waals surface area (Å²) in [6.07, 6.45) is 6.26. The minimum Gasteiger partial charge on any atom is -0.361 e. The number of carbonyl (C=O) groups excluding carboxylic acids is 1. The van der Waals surface area contributed by atoms with E-state index in [0.717, 1.165) is 69.0 Å². The molecule has 152 valence electrons. The molecule has 0 radical (unpaired) electrons. The van der Waals surface area contributed by atoms with E-state index in [4.69, 9.17) is 0 Å². The Bertz CT molecular complexity index is 1020. The van der Waals surface area contributed by atoms with Crippen molar-refractivity contribution < 1.29 is 4.79 Å². The van der Waals surface area contributed by atoms with Crippen molar-refractivity contribution in [3.05, 3.63) is 47.7 Å². The lowest BCUT2D eigenvalue weighted by Crippen LogP contribution is -2.32. The number of H-pyrrole nitrogens is 1. The molecule has 0 aliphatic carbocycles. The zero-order chi connectivity index (χ0) is 19.8. The van der Waals surface area contributed by atoms with Crippen LogP contribution < -0.4 is 0 Å². The molecule has 1 aromatic carbocycles. The van der Waals surface area contributed by atoms with Crippen LogP contribution in [-0.4, -0.2) is 62.1 Å². The summed E-state index contributed by atoms with van der Waals surface area (Å²) in [4.78, 5) is 20.8. The highest BCUT2D eigenvalue weighted by Crippen LogP contribution is 2.32. The van der Waals surface area contributed by atoms with Crippen LogP contribution in [0, 0.1) is 0 Å². The first-order valence-corrected chi connectivity index (χ1v) is 10.7. The SMILES string of the molecule is CN1CCc2nnc([C@H]3CCCN3C(=O)CCc3c[nH]c4ccccc34)n2CC1. The Hall–Kier alpha value is -2.67. The van der Waals surface area contributed by atoms with Crippen LogP contribution in [0.15, 0.2) is 30.5 Å². The molecule has 1 saturated heterocycles. The number of fused-ring (bicyclic) bond motifs is 2. The molecule has 4 heterocycles. The molecule has 0 saturated carbocycles. The van der Waals surface area contributed by atoms with Crippen LogP contribution in [0.25, 0.3) is 10.9 Å². The molecule has 7 nitrogen and oxygen atoms in total. The summed E-state index contributed by atoms with van der Waals surface area (Å²) in [5.41, 5.74) is 2.34. The van der Waals surface area contributed by atoms with E-state index < -0.39 is 0 Å².